The third-order valence-electron chi connectivity index (χ3n) is 2.80. The minimum Gasteiger partial charge on any atom is -0.395 e. The van der Waals surface area contributed by atoms with E-state index in [0.29, 0.717) is 13.1 Å². The quantitative estimate of drug-likeness (QED) is 0.605. The Balaban J connectivity index is 2.27. The SMILES string of the molecule is C=CCN(CCO)C(=O)COC1CCNCC1. The predicted octanol–water partition coefficient (Wildman–Crippen LogP) is -0.238. The molecule has 0 atom stereocenters. The third kappa shape index (κ3) is 5.30. The van der Waals surface area contributed by atoms with Crippen molar-refractivity contribution < 1.29 is 14.6 Å². The normalized spacial score (nSPS) is 16.8. The zero-order chi connectivity index (χ0) is 12.5. The van der Waals surface area contributed by atoms with E-state index in [1.54, 1.807) is 11.0 Å². The number of rotatable bonds is 7. The number of piperidine rings is 1. The van der Waals surface area contributed by atoms with Crippen molar-refractivity contribution in [2.45, 2.75) is 18.9 Å². The topological polar surface area (TPSA) is 61.8 Å². The summed E-state index contributed by atoms with van der Waals surface area (Å²) in [4.78, 5) is 13.3. The lowest BCUT2D eigenvalue weighted by molar-refractivity contribution is -0.138. The monoisotopic (exact) mass is 242 g/mol. The number of carbonyl (C=O) groups is 1. The highest BCUT2D eigenvalue weighted by atomic mass is 16.5. The number of amides is 1. The second-order valence-corrected chi connectivity index (χ2v) is 4.11. The number of nitrogens with one attached hydrogen (secondary N) is 1. The van der Waals surface area contributed by atoms with Gasteiger partial charge in [-0.3, -0.25) is 4.79 Å². The average molecular weight is 242 g/mol. The lowest BCUT2D eigenvalue weighted by atomic mass is 10.1. The molecule has 1 aliphatic rings. The summed E-state index contributed by atoms with van der Waals surface area (Å²) in [6.07, 6.45) is 3.74. The molecule has 0 aromatic rings. The highest BCUT2D eigenvalue weighted by Crippen LogP contribution is 2.07. The molecule has 0 unspecified atom stereocenters. The molecule has 5 heteroatoms. The van der Waals surface area contributed by atoms with Crippen molar-refractivity contribution in [2.24, 2.45) is 0 Å². The van der Waals surface area contributed by atoms with Crippen molar-refractivity contribution in [1.29, 1.82) is 0 Å². The molecule has 98 valence electrons. The molecule has 1 heterocycles. The second-order valence-electron chi connectivity index (χ2n) is 4.11. The summed E-state index contributed by atoms with van der Waals surface area (Å²) >= 11 is 0. The molecule has 0 aromatic carbocycles. The molecule has 0 radical (unpaired) electrons. The van der Waals surface area contributed by atoms with Crippen LogP contribution in [0.3, 0.4) is 0 Å². The molecule has 5 nitrogen and oxygen atoms in total. The van der Waals surface area contributed by atoms with E-state index in [2.05, 4.69) is 11.9 Å². The largest absolute Gasteiger partial charge is 0.395 e. The second kappa shape index (κ2) is 8.22. The molecular weight excluding hydrogens is 220 g/mol. The van der Waals surface area contributed by atoms with Gasteiger partial charge in [0.1, 0.15) is 6.61 Å². The van der Waals surface area contributed by atoms with Crippen LogP contribution in [0.25, 0.3) is 0 Å². The average Bonchev–Trinajstić information content (AvgIpc) is 2.37. The number of carbonyl (C=O) groups excluding carboxylic acids is 1. The van der Waals surface area contributed by atoms with Crippen molar-refractivity contribution in [1.82, 2.24) is 10.2 Å². The van der Waals surface area contributed by atoms with Crippen LogP contribution >= 0.6 is 0 Å². The summed E-state index contributed by atoms with van der Waals surface area (Å²) in [5.74, 6) is -0.0857. The van der Waals surface area contributed by atoms with Gasteiger partial charge < -0.3 is 20.1 Å². The Morgan fingerprint density at radius 3 is 2.82 bits per heavy atom. The van der Waals surface area contributed by atoms with Crippen molar-refractivity contribution in [3.63, 3.8) is 0 Å². The fraction of sp³-hybridized carbons (Fsp3) is 0.750. The van der Waals surface area contributed by atoms with Gasteiger partial charge in [-0.1, -0.05) is 6.08 Å². The van der Waals surface area contributed by atoms with Crippen LogP contribution in [-0.2, 0) is 9.53 Å². The summed E-state index contributed by atoms with van der Waals surface area (Å²) in [5, 5.41) is 12.1. The highest BCUT2D eigenvalue weighted by molar-refractivity contribution is 5.77. The molecule has 1 aliphatic heterocycles. The first-order valence-corrected chi connectivity index (χ1v) is 6.09. The lowest BCUT2D eigenvalue weighted by Crippen LogP contribution is -2.39. The zero-order valence-corrected chi connectivity index (χ0v) is 10.2. The number of hydrogen-bond acceptors (Lipinski definition) is 4. The van der Waals surface area contributed by atoms with Gasteiger partial charge in [0, 0.05) is 13.1 Å². The van der Waals surface area contributed by atoms with Gasteiger partial charge in [0.25, 0.3) is 0 Å². The molecule has 0 spiro atoms. The Bertz CT molecular complexity index is 240. The van der Waals surface area contributed by atoms with E-state index in [4.69, 9.17) is 9.84 Å². The first-order valence-electron chi connectivity index (χ1n) is 6.09. The highest BCUT2D eigenvalue weighted by Gasteiger charge is 2.17. The van der Waals surface area contributed by atoms with E-state index >= 15 is 0 Å². The molecular formula is C12H22N2O3. The van der Waals surface area contributed by atoms with Gasteiger partial charge in [0.05, 0.1) is 12.7 Å². The van der Waals surface area contributed by atoms with Crippen LogP contribution in [0.1, 0.15) is 12.8 Å². The van der Waals surface area contributed by atoms with Crippen molar-refractivity contribution in [3.8, 4) is 0 Å². The van der Waals surface area contributed by atoms with Gasteiger partial charge in [-0.15, -0.1) is 6.58 Å². The minimum absolute atomic E-state index is 0.0348. The maximum Gasteiger partial charge on any atom is 0.248 e. The van der Waals surface area contributed by atoms with Crippen LogP contribution in [-0.4, -0.2) is 61.4 Å². The molecule has 0 bridgehead atoms. The van der Waals surface area contributed by atoms with Crippen LogP contribution in [0.5, 0.6) is 0 Å². The zero-order valence-electron chi connectivity index (χ0n) is 10.2. The Hall–Kier alpha value is -0.910. The van der Waals surface area contributed by atoms with Gasteiger partial charge in [-0.2, -0.15) is 0 Å². The summed E-state index contributed by atoms with van der Waals surface area (Å²) in [5.41, 5.74) is 0. The summed E-state index contributed by atoms with van der Waals surface area (Å²) in [7, 11) is 0. The van der Waals surface area contributed by atoms with Crippen molar-refractivity contribution >= 4 is 5.91 Å². The minimum atomic E-state index is -0.0857. The molecule has 1 saturated heterocycles. The Morgan fingerprint density at radius 1 is 1.53 bits per heavy atom. The van der Waals surface area contributed by atoms with E-state index in [1.807, 2.05) is 0 Å². The van der Waals surface area contributed by atoms with Crippen molar-refractivity contribution in [3.05, 3.63) is 12.7 Å². The Kier molecular flexibility index (Phi) is 6.84. The first kappa shape index (κ1) is 14.2. The first-order chi connectivity index (χ1) is 8.27. The molecule has 0 aromatic heterocycles. The smallest absolute Gasteiger partial charge is 0.248 e. The molecule has 1 amide bonds. The van der Waals surface area contributed by atoms with E-state index in [0.717, 1.165) is 25.9 Å². The fourth-order valence-electron chi connectivity index (χ4n) is 1.84. The number of ether oxygens (including phenoxy) is 1. The van der Waals surface area contributed by atoms with Gasteiger partial charge in [0.2, 0.25) is 5.91 Å². The van der Waals surface area contributed by atoms with E-state index in [-0.39, 0.29) is 25.2 Å². The fourth-order valence-corrected chi connectivity index (χ4v) is 1.84. The van der Waals surface area contributed by atoms with Crippen LogP contribution in [0.2, 0.25) is 0 Å². The molecule has 1 fully saturated rings. The van der Waals surface area contributed by atoms with E-state index in [9.17, 15) is 4.79 Å². The number of aliphatic hydroxyl groups is 1. The number of nitrogens with zero attached hydrogens (tertiary/aromatic N) is 1. The van der Waals surface area contributed by atoms with E-state index in [1.165, 1.54) is 0 Å². The van der Waals surface area contributed by atoms with Crippen LogP contribution < -0.4 is 5.32 Å². The van der Waals surface area contributed by atoms with Gasteiger partial charge in [-0.05, 0) is 25.9 Å². The molecule has 2 N–H and O–H groups in total. The van der Waals surface area contributed by atoms with Crippen LogP contribution in [0, 0.1) is 0 Å². The van der Waals surface area contributed by atoms with Gasteiger partial charge in [0.15, 0.2) is 0 Å². The summed E-state index contributed by atoms with van der Waals surface area (Å²) in [6.45, 7) is 6.34. The predicted molar refractivity (Wildman–Crippen MR) is 65.7 cm³/mol. The Labute approximate surface area is 102 Å². The van der Waals surface area contributed by atoms with Crippen LogP contribution in [0.15, 0.2) is 12.7 Å². The number of hydrogen-bond donors (Lipinski definition) is 2. The molecule has 0 aliphatic carbocycles. The third-order valence-corrected chi connectivity index (χ3v) is 2.80. The van der Waals surface area contributed by atoms with Gasteiger partial charge >= 0.3 is 0 Å². The molecule has 1 rings (SSSR count). The molecule has 17 heavy (non-hydrogen) atoms. The van der Waals surface area contributed by atoms with E-state index < -0.39 is 0 Å². The summed E-state index contributed by atoms with van der Waals surface area (Å²) in [6, 6.07) is 0. The molecule has 0 saturated carbocycles. The van der Waals surface area contributed by atoms with Crippen LogP contribution in [0.4, 0.5) is 0 Å². The summed E-state index contributed by atoms with van der Waals surface area (Å²) < 4.78 is 5.57. The maximum atomic E-state index is 11.8. The van der Waals surface area contributed by atoms with Crippen molar-refractivity contribution in [2.75, 3.05) is 39.4 Å². The van der Waals surface area contributed by atoms with Gasteiger partial charge in [-0.25, -0.2) is 0 Å². The lowest BCUT2D eigenvalue weighted by Gasteiger charge is -2.25. The maximum absolute atomic E-state index is 11.8. The number of aliphatic hydroxyl groups excluding tert-OH is 1. The Morgan fingerprint density at radius 2 is 2.24 bits per heavy atom. The standard InChI is InChI=1S/C12H22N2O3/c1-2-7-14(8-9-15)12(16)10-17-11-3-5-13-6-4-11/h2,11,13,15H,1,3-10H2.